The number of fused-ring (bicyclic) bond motifs is 1. The van der Waals surface area contributed by atoms with Gasteiger partial charge >= 0.3 is 0 Å². The van der Waals surface area contributed by atoms with Crippen LogP contribution in [0.25, 0.3) is 11.0 Å². The van der Waals surface area contributed by atoms with E-state index >= 15 is 0 Å². The maximum absolute atomic E-state index is 14.5. The Morgan fingerprint density at radius 3 is 2.84 bits per heavy atom. The first-order chi connectivity index (χ1) is 15.2. The summed E-state index contributed by atoms with van der Waals surface area (Å²) in [5, 5.41) is 3.05. The van der Waals surface area contributed by atoms with Crippen LogP contribution in [0.4, 0.5) is 15.9 Å². The zero-order valence-electron chi connectivity index (χ0n) is 17.5. The molecule has 3 aromatic rings. The molecular formula is C21H21FIN3O6. The molecule has 11 heteroatoms. The van der Waals surface area contributed by atoms with Gasteiger partial charge in [0.1, 0.15) is 29.9 Å². The maximum Gasteiger partial charge on any atom is 0.282 e. The zero-order chi connectivity index (χ0) is 23.0. The monoisotopic (exact) mass is 557 g/mol. The number of aromatic nitrogens is 1. The second-order valence-electron chi connectivity index (χ2n) is 7.69. The summed E-state index contributed by atoms with van der Waals surface area (Å²) < 4.78 is 32.9. The number of amides is 1. The van der Waals surface area contributed by atoms with Gasteiger partial charge in [0.15, 0.2) is 11.4 Å². The van der Waals surface area contributed by atoms with Gasteiger partial charge in [0.25, 0.3) is 11.5 Å². The van der Waals surface area contributed by atoms with Crippen LogP contribution in [0, 0.1) is 9.39 Å². The second kappa shape index (κ2) is 8.81. The predicted octanol–water partition coefficient (Wildman–Crippen LogP) is 3.43. The van der Waals surface area contributed by atoms with Gasteiger partial charge < -0.3 is 19.2 Å². The Hall–Kier alpha value is -2.48. The number of hydrogen-bond acceptors (Lipinski definition) is 7. The van der Waals surface area contributed by atoms with E-state index in [0.29, 0.717) is 10.2 Å². The minimum atomic E-state index is -0.718. The number of hydrogen-bond donors (Lipinski definition) is 2. The first-order valence-corrected chi connectivity index (χ1v) is 10.8. The normalized spacial score (nSPS) is 17.6. The minimum Gasteiger partial charge on any atom is -0.463 e. The molecule has 3 heterocycles. The molecule has 9 nitrogen and oxygen atoms in total. The number of hydroxylamine groups is 1. The van der Waals surface area contributed by atoms with Crippen LogP contribution in [0.15, 0.2) is 39.7 Å². The molecule has 32 heavy (non-hydrogen) atoms. The summed E-state index contributed by atoms with van der Waals surface area (Å²) in [6.07, 6.45) is 0.956. The standard InChI is InChI=1S/C21H21FIN3O6/c1-21(2)30-9-12(32-21)10-31-25-19(27)16-17-13(6-7-29-17)20(28)26(3)18(16)24-15-5-4-11(23)8-14(15)22/h4-8,12,24H,9-10H2,1-3H3,(H,25,27). The summed E-state index contributed by atoms with van der Waals surface area (Å²) >= 11 is 1.99. The van der Waals surface area contributed by atoms with Gasteiger partial charge in [-0.15, -0.1) is 0 Å². The smallest absolute Gasteiger partial charge is 0.282 e. The Balaban J connectivity index is 1.64. The highest BCUT2D eigenvalue weighted by Gasteiger charge is 2.33. The molecule has 1 fully saturated rings. The Morgan fingerprint density at radius 1 is 1.38 bits per heavy atom. The van der Waals surface area contributed by atoms with Crippen molar-refractivity contribution in [1.82, 2.24) is 10.0 Å². The lowest BCUT2D eigenvalue weighted by Crippen LogP contribution is -2.32. The van der Waals surface area contributed by atoms with E-state index in [1.165, 1.54) is 36.1 Å². The van der Waals surface area contributed by atoms with Crippen molar-refractivity contribution in [2.45, 2.75) is 25.7 Å². The van der Waals surface area contributed by atoms with Crippen molar-refractivity contribution in [1.29, 1.82) is 0 Å². The van der Waals surface area contributed by atoms with E-state index in [9.17, 15) is 14.0 Å². The Bertz CT molecular complexity index is 1240. The summed E-state index contributed by atoms with van der Waals surface area (Å²) in [5.41, 5.74) is 2.09. The van der Waals surface area contributed by atoms with E-state index in [1.807, 2.05) is 22.6 Å². The van der Waals surface area contributed by atoms with Crippen LogP contribution in [0.2, 0.25) is 0 Å². The third-order valence-electron chi connectivity index (χ3n) is 4.91. The van der Waals surface area contributed by atoms with E-state index in [1.54, 1.807) is 19.9 Å². The van der Waals surface area contributed by atoms with Gasteiger partial charge in [0.2, 0.25) is 0 Å². The number of halogens is 2. The van der Waals surface area contributed by atoms with Crippen molar-refractivity contribution in [2.24, 2.45) is 7.05 Å². The molecule has 1 amide bonds. The van der Waals surface area contributed by atoms with Gasteiger partial charge in [-0.3, -0.25) is 19.0 Å². The lowest BCUT2D eigenvalue weighted by atomic mass is 10.1. The van der Waals surface area contributed by atoms with Crippen LogP contribution in [0.5, 0.6) is 0 Å². The summed E-state index contributed by atoms with van der Waals surface area (Å²) in [6.45, 7) is 3.94. The van der Waals surface area contributed by atoms with Gasteiger partial charge in [-0.1, -0.05) is 0 Å². The minimum absolute atomic E-state index is 0.00558. The molecule has 0 aliphatic carbocycles. The van der Waals surface area contributed by atoms with Crippen LogP contribution < -0.4 is 16.4 Å². The fourth-order valence-electron chi connectivity index (χ4n) is 3.40. The molecular weight excluding hydrogens is 536 g/mol. The molecule has 1 aromatic carbocycles. The molecule has 0 bridgehead atoms. The Kier molecular flexibility index (Phi) is 6.25. The first-order valence-electron chi connectivity index (χ1n) is 9.72. The number of pyridine rings is 1. The molecule has 170 valence electrons. The van der Waals surface area contributed by atoms with Gasteiger partial charge in [-0.05, 0) is 60.7 Å². The van der Waals surface area contributed by atoms with Crippen LogP contribution in [-0.2, 0) is 21.4 Å². The summed E-state index contributed by atoms with van der Waals surface area (Å²) in [6, 6.07) is 6.02. The third kappa shape index (κ3) is 4.51. The zero-order valence-corrected chi connectivity index (χ0v) is 19.7. The van der Waals surface area contributed by atoms with E-state index in [-0.39, 0.29) is 40.7 Å². The van der Waals surface area contributed by atoms with Crippen molar-refractivity contribution in [2.75, 3.05) is 18.5 Å². The lowest BCUT2D eigenvalue weighted by Gasteiger charge is -2.18. The fraction of sp³-hybridized carbons (Fsp3) is 0.333. The summed E-state index contributed by atoms with van der Waals surface area (Å²) in [5.74, 6) is -1.87. The van der Waals surface area contributed by atoms with E-state index in [2.05, 4.69) is 10.8 Å². The van der Waals surface area contributed by atoms with Crippen molar-refractivity contribution in [3.63, 3.8) is 0 Å². The van der Waals surface area contributed by atoms with Crippen LogP contribution >= 0.6 is 22.6 Å². The quantitative estimate of drug-likeness (QED) is 0.354. The molecule has 0 saturated carbocycles. The topological polar surface area (TPSA) is 104 Å². The third-order valence-corrected chi connectivity index (χ3v) is 5.58. The number of ether oxygens (including phenoxy) is 2. The highest BCUT2D eigenvalue weighted by molar-refractivity contribution is 14.1. The number of nitrogens with one attached hydrogen (secondary N) is 2. The van der Waals surface area contributed by atoms with Gasteiger partial charge in [0.05, 0.1) is 23.9 Å². The van der Waals surface area contributed by atoms with Crippen LogP contribution in [0.1, 0.15) is 24.2 Å². The van der Waals surface area contributed by atoms with Crippen molar-refractivity contribution < 1.29 is 27.9 Å². The number of carbonyl (C=O) groups is 1. The second-order valence-corrected chi connectivity index (χ2v) is 8.94. The molecule has 1 unspecified atom stereocenters. The number of rotatable bonds is 6. The van der Waals surface area contributed by atoms with Gasteiger partial charge in [-0.2, -0.15) is 0 Å². The highest BCUT2D eigenvalue weighted by Crippen LogP contribution is 2.29. The molecule has 2 aromatic heterocycles. The fourth-order valence-corrected chi connectivity index (χ4v) is 3.85. The number of benzene rings is 1. The van der Waals surface area contributed by atoms with E-state index in [4.69, 9.17) is 18.7 Å². The van der Waals surface area contributed by atoms with E-state index < -0.39 is 23.1 Å². The molecule has 2 N–H and O–H groups in total. The molecule has 4 rings (SSSR count). The predicted molar refractivity (Wildman–Crippen MR) is 122 cm³/mol. The Labute approximate surface area is 195 Å². The number of nitrogens with zero attached hydrogens (tertiary/aromatic N) is 1. The van der Waals surface area contributed by atoms with Crippen LogP contribution in [-0.4, -0.2) is 35.6 Å². The average Bonchev–Trinajstić information content (AvgIpc) is 3.34. The largest absolute Gasteiger partial charge is 0.463 e. The van der Waals surface area contributed by atoms with Gasteiger partial charge in [-0.25, -0.2) is 9.87 Å². The molecule has 1 atom stereocenters. The van der Waals surface area contributed by atoms with E-state index in [0.717, 1.165) is 0 Å². The maximum atomic E-state index is 14.5. The number of anilines is 2. The highest BCUT2D eigenvalue weighted by atomic mass is 127. The summed E-state index contributed by atoms with van der Waals surface area (Å²) in [4.78, 5) is 31.1. The molecule has 0 spiro atoms. The molecule has 1 aliphatic heterocycles. The number of furan rings is 1. The number of carbonyl (C=O) groups excluding carboxylic acids is 1. The van der Waals surface area contributed by atoms with Gasteiger partial charge in [0, 0.05) is 10.6 Å². The Morgan fingerprint density at radius 2 is 2.16 bits per heavy atom. The van der Waals surface area contributed by atoms with Crippen molar-refractivity contribution >= 4 is 51.0 Å². The molecule has 1 aliphatic rings. The van der Waals surface area contributed by atoms with Crippen LogP contribution in [0.3, 0.4) is 0 Å². The van der Waals surface area contributed by atoms with Crippen molar-refractivity contribution in [3.8, 4) is 0 Å². The average molecular weight is 557 g/mol. The lowest BCUT2D eigenvalue weighted by molar-refractivity contribution is -0.147. The SMILES string of the molecule is Cn1c(Nc2ccc(I)cc2F)c(C(=O)NOCC2COC(C)(C)O2)c2occc2c1=O. The summed E-state index contributed by atoms with van der Waals surface area (Å²) in [7, 11) is 1.48. The van der Waals surface area contributed by atoms with Crippen molar-refractivity contribution in [3.05, 3.63) is 55.8 Å². The molecule has 1 saturated heterocycles. The molecule has 0 radical (unpaired) electrons. The first kappa shape index (κ1) is 22.7.